The number of sulfone groups is 1. The molecule has 1 amide bonds. The summed E-state index contributed by atoms with van der Waals surface area (Å²) < 4.78 is 27.7. The SMILES string of the molecule is O=C(COC(=O)C[C@H]1C[C@@H]2CC[C@H]1C2)N[C@@H]1CCS(=O)(=O)C1. The molecule has 2 saturated carbocycles. The van der Waals surface area contributed by atoms with Crippen molar-refractivity contribution in [3.8, 4) is 0 Å². The number of carbonyl (C=O) groups excluding carboxylic acids is 2. The van der Waals surface area contributed by atoms with Crippen molar-refractivity contribution in [1.82, 2.24) is 5.32 Å². The molecule has 2 aliphatic carbocycles. The van der Waals surface area contributed by atoms with Crippen molar-refractivity contribution < 1.29 is 22.7 Å². The first kappa shape index (κ1) is 15.8. The van der Waals surface area contributed by atoms with Gasteiger partial charge < -0.3 is 10.1 Å². The van der Waals surface area contributed by atoms with E-state index in [2.05, 4.69) is 5.32 Å². The lowest BCUT2D eigenvalue weighted by atomic mass is 9.86. The highest BCUT2D eigenvalue weighted by Crippen LogP contribution is 2.49. The van der Waals surface area contributed by atoms with Gasteiger partial charge in [0.05, 0.1) is 11.5 Å². The van der Waals surface area contributed by atoms with Crippen molar-refractivity contribution in [2.45, 2.75) is 44.6 Å². The maximum atomic E-state index is 11.8. The fourth-order valence-electron chi connectivity index (χ4n) is 4.22. The minimum atomic E-state index is -3.02. The Balaban J connectivity index is 1.35. The number of nitrogens with one attached hydrogen (secondary N) is 1. The van der Waals surface area contributed by atoms with E-state index in [1.807, 2.05) is 0 Å². The lowest BCUT2D eigenvalue weighted by Gasteiger charge is -2.20. The predicted molar refractivity (Wildman–Crippen MR) is 79.7 cm³/mol. The quantitative estimate of drug-likeness (QED) is 0.748. The second-order valence-corrected chi connectivity index (χ2v) is 9.20. The van der Waals surface area contributed by atoms with Crippen LogP contribution in [0.25, 0.3) is 0 Å². The van der Waals surface area contributed by atoms with E-state index in [0.717, 1.165) is 12.3 Å². The number of hydrogen-bond donors (Lipinski definition) is 1. The van der Waals surface area contributed by atoms with Gasteiger partial charge in [0, 0.05) is 12.5 Å². The lowest BCUT2D eigenvalue weighted by Crippen LogP contribution is -2.38. The highest BCUT2D eigenvalue weighted by molar-refractivity contribution is 7.91. The van der Waals surface area contributed by atoms with Crippen LogP contribution in [0.15, 0.2) is 0 Å². The number of ether oxygens (including phenoxy) is 1. The topological polar surface area (TPSA) is 89.5 Å². The van der Waals surface area contributed by atoms with Gasteiger partial charge in [-0.3, -0.25) is 9.59 Å². The highest BCUT2D eigenvalue weighted by Gasteiger charge is 2.40. The van der Waals surface area contributed by atoms with Gasteiger partial charge in [-0.2, -0.15) is 0 Å². The molecule has 7 heteroatoms. The van der Waals surface area contributed by atoms with Crippen molar-refractivity contribution in [2.75, 3.05) is 18.1 Å². The average molecular weight is 329 g/mol. The minimum Gasteiger partial charge on any atom is -0.456 e. The molecular weight excluding hydrogens is 306 g/mol. The third-order valence-corrected chi connectivity index (χ3v) is 7.04. The van der Waals surface area contributed by atoms with Gasteiger partial charge in [-0.25, -0.2) is 8.42 Å². The first-order valence-corrected chi connectivity index (χ1v) is 9.89. The van der Waals surface area contributed by atoms with Crippen LogP contribution in [-0.4, -0.2) is 44.4 Å². The Morgan fingerprint density at radius 2 is 1.95 bits per heavy atom. The fourth-order valence-corrected chi connectivity index (χ4v) is 5.90. The van der Waals surface area contributed by atoms with Gasteiger partial charge in [0.15, 0.2) is 16.4 Å². The number of carbonyl (C=O) groups is 2. The number of esters is 1. The number of hydrogen-bond acceptors (Lipinski definition) is 5. The second kappa shape index (κ2) is 6.18. The van der Waals surface area contributed by atoms with E-state index in [1.54, 1.807) is 0 Å². The average Bonchev–Trinajstić information content (AvgIpc) is 3.12. The second-order valence-electron chi connectivity index (χ2n) is 6.97. The van der Waals surface area contributed by atoms with Crippen molar-refractivity contribution in [3.05, 3.63) is 0 Å². The van der Waals surface area contributed by atoms with Crippen LogP contribution in [0, 0.1) is 17.8 Å². The molecule has 0 aromatic rings. The highest BCUT2D eigenvalue weighted by atomic mass is 32.2. The summed E-state index contributed by atoms with van der Waals surface area (Å²) in [5.74, 6) is 1.25. The van der Waals surface area contributed by atoms with Crippen LogP contribution in [0.2, 0.25) is 0 Å². The monoisotopic (exact) mass is 329 g/mol. The van der Waals surface area contributed by atoms with Crippen molar-refractivity contribution in [1.29, 1.82) is 0 Å². The molecule has 4 atom stereocenters. The molecule has 1 saturated heterocycles. The van der Waals surface area contributed by atoms with E-state index in [4.69, 9.17) is 4.74 Å². The van der Waals surface area contributed by atoms with E-state index in [-0.39, 0.29) is 30.1 Å². The van der Waals surface area contributed by atoms with E-state index in [1.165, 1.54) is 19.3 Å². The normalized spacial score (nSPS) is 35.5. The maximum absolute atomic E-state index is 11.8. The van der Waals surface area contributed by atoms with Crippen LogP contribution in [0.5, 0.6) is 0 Å². The summed E-state index contributed by atoms with van der Waals surface area (Å²) in [6, 6.07) is -0.346. The van der Waals surface area contributed by atoms with Gasteiger partial charge in [0.1, 0.15) is 0 Å². The smallest absolute Gasteiger partial charge is 0.306 e. The van der Waals surface area contributed by atoms with Crippen LogP contribution < -0.4 is 5.32 Å². The van der Waals surface area contributed by atoms with Gasteiger partial charge in [-0.15, -0.1) is 0 Å². The third-order valence-electron chi connectivity index (χ3n) is 5.28. The molecule has 3 rings (SSSR count). The Morgan fingerprint density at radius 3 is 2.55 bits per heavy atom. The minimum absolute atomic E-state index is 0.0160. The zero-order chi connectivity index (χ0) is 15.7. The summed E-state index contributed by atoms with van der Waals surface area (Å²) >= 11 is 0. The molecule has 0 radical (unpaired) electrons. The van der Waals surface area contributed by atoms with Crippen molar-refractivity contribution in [3.63, 3.8) is 0 Å². The summed E-state index contributed by atoms with van der Waals surface area (Å²) in [4.78, 5) is 23.5. The molecule has 2 bridgehead atoms. The molecule has 0 aromatic heterocycles. The summed E-state index contributed by atoms with van der Waals surface area (Å²) in [6.45, 7) is -0.309. The van der Waals surface area contributed by atoms with Crippen LogP contribution in [0.4, 0.5) is 0 Å². The summed E-state index contributed by atoms with van der Waals surface area (Å²) in [5.41, 5.74) is 0. The first-order chi connectivity index (χ1) is 10.4. The number of amides is 1. The van der Waals surface area contributed by atoms with Crippen molar-refractivity contribution >= 4 is 21.7 Å². The maximum Gasteiger partial charge on any atom is 0.306 e. The zero-order valence-corrected chi connectivity index (χ0v) is 13.4. The van der Waals surface area contributed by atoms with Crippen LogP contribution in [-0.2, 0) is 24.2 Å². The van der Waals surface area contributed by atoms with Crippen LogP contribution in [0.3, 0.4) is 0 Å². The van der Waals surface area contributed by atoms with Gasteiger partial charge in [0.2, 0.25) is 0 Å². The standard InChI is InChI=1S/C15H23NO5S/c17-14(16-13-3-4-22(19,20)9-13)8-21-15(18)7-12-6-10-1-2-11(12)5-10/h10-13H,1-9H2,(H,16,17)/t10-,11+,12-,13-/m1/s1. The molecule has 0 aromatic carbocycles. The Labute approximate surface area is 130 Å². The van der Waals surface area contributed by atoms with Gasteiger partial charge in [-0.1, -0.05) is 6.42 Å². The Hall–Kier alpha value is -1.11. The molecule has 1 heterocycles. The van der Waals surface area contributed by atoms with E-state index >= 15 is 0 Å². The number of fused-ring (bicyclic) bond motifs is 2. The molecule has 0 unspecified atom stereocenters. The molecule has 1 aliphatic heterocycles. The molecule has 1 N–H and O–H groups in total. The Kier molecular flexibility index (Phi) is 4.43. The van der Waals surface area contributed by atoms with Crippen LogP contribution >= 0.6 is 0 Å². The first-order valence-electron chi connectivity index (χ1n) is 8.07. The lowest BCUT2D eigenvalue weighted by molar-refractivity contribution is -0.150. The zero-order valence-electron chi connectivity index (χ0n) is 12.6. The van der Waals surface area contributed by atoms with E-state index in [9.17, 15) is 18.0 Å². The third kappa shape index (κ3) is 3.80. The predicted octanol–water partition coefficient (Wildman–Crippen LogP) is 0.659. The van der Waals surface area contributed by atoms with Gasteiger partial charge in [-0.05, 0) is 43.4 Å². The van der Waals surface area contributed by atoms with E-state index < -0.39 is 15.7 Å². The molecule has 3 aliphatic rings. The summed E-state index contributed by atoms with van der Waals surface area (Å²) in [7, 11) is -3.02. The Morgan fingerprint density at radius 1 is 1.14 bits per heavy atom. The Bertz CT molecular complexity index is 558. The molecule has 0 spiro atoms. The molecular formula is C15H23NO5S. The molecule has 3 fully saturated rings. The fraction of sp³-hybridized carbons (Fsp3) is 0.867. The molecule has 22 heavy (non-hydrogen) atoms. The van der Waals surface area contributed by atoms with Gasteiger partial charge >= 0.3 is 5.97 Å². The number of rotatable bonds is 5. The van der Waals surface area contributed by atoms with E-state index in [0.29, 0.717) is 24.7 Å². The summed E-state index contributed by atoms with van der Waals surface area (Å²) in [5, 5.41) is 2.62. The van der Waals surface area contributed by atoms with Crippen molar-refractivity contribution in [2.24, 2.45) is 17.8 Å². The largest absolute Gasteiger partial charge is 0.456 e. The molecule has 6 nitrogen and oxygen atoms in total. The van der Waals surface area contributed by atoms with Crippen LogP contribution in [0.1, 0.15) is 38.5 Å². The molecule has 124 valence electrons. The van der Waals surface area contributed by atoms with Gasteiger partial charge in [0.25, 0.3) is 5.91 Å². The summed E-state index contributed by atoms with van der Waals surface area (Å²) in [6.07, 6.45) is 5.72.